The van der Waals surface area contributed by atoms with Gasteiger partial charge < -0.3 is 9.64 Å². The van der Waals surface area contributed by atoms with Crippen LogP contribution in [0.4, 0.5) is 4.39 Å². The summed E-state index contributed by atoms with van der Waals surface area (Å²) < 4.78 is 44.3. The molecule has 31 heavy (non-hydrogen) atoms. The summed E-state index contributed by atoms with van der Waals surface area (Å²) in [6.07, 6.45) is 0.0684. The molecule has 3 amide bonds. The van der Waals surface area contributed by atoms with Crippen molar-refractivity contribution in [3.05, 3.63) is 30.1 Å². The van der Waals surface area contributed by atoms with E-state index in [-0.39, 0.29) is 68.7 Å². The van der Waals surface area contributed by atoms with Crippen LogP contribution in [0.15, 0.2) is 29.2 Å². The zero-order valence-electron chi connectivity index (χ0n) is 16.7. The number of amides is 3. The number of halogens is 1. The van der Waals surface area contributed by atoms with Crippen LogP contribution in [-0.2, 0) is 33.9 Å². The lowest BCUT2D eigenvalue weighted by Gasteiger charge is -2.33. The summed E-state index contributed by atoms with van der Waals surface area (Å²) in [7, 11) is -3.79. The molecule has 0 aromatic heterocycles. The Morgan fingerprint density at radius 2 is 1.55 bits per heavy atom. The summed E-state index contributed by atoms with van der Waals surface area (Å²) in [5.74, 6) is -2.38. The second-order valence-electron chi connectivity index (χ2n) is 7.09. The van der Waals surface area contributed by atoms with Gasteiger partial charge in [0, 0.05) is 45.6 Å². The Kier molecular flexibility index (Phi) is 7.01. The van der Waals surface area contributed by atoms with Gasteiger partial charge in [-0.05, 0) is 24.3 Å². The lowest BCUT2D eigenvalue weighted by molar-refractivity contribution is -0.153. The second kappa shape index (κ2) is 9.52. The molecule has 168 valence electrons. The van der Waals surface area contributed by atoms with Gasteiger partial charge in [0.05, 0.1) is 11.3 Å². The van der Waals surface area contributed by atoms with E-state index >= 15 is 0 Å². The monoisotopic (exact) mass is 455 g/mol. The fraction of sp³-hybridized carbons (Fsp3) is 0.474. The van der Waals surface area contributed by atoms with Crippen molar-refractivity contribution >= 4 is 33.7 Å². The van der Waals surface area contributed by atoms with Crippen molar-refractivity contribution in [3.8, 4) is 0 Å². The fourth-order valence-corrected chi connectivity index (χ4v) is 4.74. The van der Waals surface area contributed by atoms with Crippen molar-refractivity contribution in [2.45, 2.75) is 24.2 Å². The molecule has 10 nitrogen and oxygen atoms in total. The van der Waals surface area contributed by atoms with E-state index in [9.17, 15) is 32.0 Å². The van der Waals surface area contributed by atoms with Gasteiger partial charge in [0.2, 0.25) is 21.8 Å². The molecule has 0 saturated carbocycles. The van der Waals surface area contributed by atoms with Crippen LogP contribution in [0.1, 0.15) is 19.3 Å². The van der Waals surface area contributed by atoms with Gasteiger partial charge in [-0.15, -0.1) is 0 Å². The van der Waals surface area contributed by atoms with E-state index in [4.69, 9.17) is 4.74 Å². The molecule has 2 fully saturated rings. The Balaban J connectivity index is 1.42. The summed E-state index contributed by atoms with van der Waals surface area (Å²) in [5.41, 5.74) is 0. The first-order chi connectivity index (χ1) is 14.7. The summed E-state index contributed by atoms with van der Waals surface area (Å²) in [4.78, 5) is 49.4. The normalized spacial score (nSPS) is 17.8. The largest absolute Gasteiger partial charge is 0.456 e. The third-order valence-corrected chi connectivity index (χ3v) is 7.01. The number of imide groups is 1. The molecule has 3 rings (SSSR count). The average Bonchev–Trinajstić information content (AvgIpc) is 3.08. The van der Waals surface area contributed by atoms with Crippen LogP contribution in [0.5, 0.6) is 0 Å². The Bertz CT molecular complexity index is 957. The number of hydrogen-bond donors (Lipinski definition) is 0. The van der Waals surface area contributed by atoms with Crippen LogP contribution >= 0.6 is 0 Å². The topological polar surface area (TPSA) is 121 Å². The molecule has 2 heterocycles. The number of benzene rings is 1. The predicted molar refractivity (Wildman–Crippen MR) is 103 cm³/mol. The lowest BCUT2D eigenvalue weighted by Crippen LogP contribution is -2.51. The van der Waals surface area contributed by atoms with E-state index < -0.39 is 34.3 Å². The van der Waals surface area contributed by atoms with E-state index in [2.05, 4.69) is 0 Å². The molecule has 0 atom stereocenters. The average molecular weight is 455 g/mol. The number of rotatable bonds is 7. The Morgan fingerprint density at radius 1 is 0.968 bits per heavy atom. The maximum absolute atomic E-state index is 13.0. The van der Waals surface area contributed by atoms with Gasteiger partial charge in [-0.1, -0.05) is 0 Å². The van der Waals surface area contributed by atoms with Crippen molar-refractivity contribution < 1.29 is 36.7 Å². The Labute approximate surface area is 178 Å². The minimum absolute atomic E-state index is 0.0300. The lowest BCUT2D eigenvalue weighted by atomic mass is 10.3. The van der Waals surface area contributed by atoms with Crippen LogP contribution in [0.25, 0.3) is 0 Å². The minimum atomic E-state index is -3.79. The molecular weight excluding hydrogens is 433 g/mol. The number of likely N-dealkylation sites (tertiary alicyclic amines) is 1. The molecule has 0 radical (unpaired) electrons. The zero-order valence-corrected chi connectivity index (χ0v) is 17.5. The summed E-state index contributed by atoms with van der Waals surface area (Å²) in [5, 5.41) is 0. The first-order valence-electron chi connectivity index (χ1n) is 9.71. The van der Waals surface area contributed by atoms with E-state index in [0.29, 0.717) is 0 Å². The third-order valence-electron chi connectivity index (χ3n) is 5.09. The molecular formula is C19H22FN3O7S. The van der Waals surface area contributed by atoms with Gasteiger partial charge in [-0.3, -0.25) is 24.1 Å². The van der Waals surface area contributed by atoms with Gasteiger partial charge in [-0.25, -0.2) is 12.8 Å². The molecule has 0 spiro atoms. The molecule has 0 aliphatic carbocycles. The predicted octanol–water partition coefficient (Wildman–Crippen LogP) is -0.259. The summed E-state index contributed by atoms with van der Waals surface area (Å²) in [6, 6.07) is 4.50. The standard InChI is InChI=1S/C19H22FN3O7S/c20-14-1-3-15(4-2-14)31(28,29)22-11-9-21(10-12-22)18(26)13-30-19(27)7-8-23-16(24)5-6-17(23)25/h1-4H,5-13H2. The van der Waals surface area contributed by atoms with E-state index in [1.54, 1.807) is 0 Å². The summed E-state index contributed by atoms with van der Waals surface area (Å²) in [6.45, 7) is -0.242. The number of sulfonamides is 1. The van der Waals surface area contributed by atoms with Crippen LogP contribution in [0.3, 0.4) is 0 Å². The van der Waals surface area contributed by atoms with Crippen LogP contribution in [0, 0.1) is 5.82 Å². The smallest absolute Gasteiger partial charge is 0.308 e. The van der Waals surface area contributed by atoms with Gasteiger partial charge in [0.25, 0.3) is 5.91 Å². The highest BCUT2D eigenvalue weighted by atomic mass is 32.2. The van der Waals surface area contributed by atoms with Crippen molar-refractivity contribution in [3.63, 3.8) is 0 Å². The maximum Gasteiger partial charge on any atom is 0.308 e. The molecule has 2 aliphatic rings. The van der Waals surface area contributed by atoms with E-state index in [1.807, 2.05) is 0 Å². The Hall–Kier alpha value is -2.86. The van der Waals surface area contributed by atoms with Crippen LogP contribution in [0.2, 0.25) is 0 Å². The number of carbonyl (C=O) groups is 4. The number of carbonyl (C=O) groups excluding carboxylic acids is 4. The van der Waals surface area contributed by atoms with Gasteiger partial charge in [0.1, 0.15) is 5.82 Å². The second-order valence-corrected chi connectivity index (χ2v) is 9.03. The van der Waals surface area contributed by atoms with Gasteiger partial charge in [-0.2, -0.15) is 4.31 Å². The third kappa shape index (κ3) is 5.44. The molecule has 0 unspecified atom stereocenters. The fourth-order valence-electron chi connectivity index (χ4n) is 3.31. The quantitative estimate of drug-likeness (QED) is 0.410. The molecule has 2 saturated heterocycles. The molecule has 0 bridgehead atoms. The number of esters is 1. The van der Waals surface area contributed by atoms with Crippen LogP contribution < -0.4 is 0 Å². The maximum atomic E-state index is 13.0. The number of piperazine rings is 1. The van der Waals surface area contributed by atoms with E-state index in [0.717, 1.165) is 17.0 Å². The summed E-state index contributed by atoms with van der Waals surface area (Å²) >= 11 is 0. The Morgan fingerprint density at radius 3 is 2.13 bits per heavy atom. The van der Waals surface area contributed by atoms with E-state index in [1.165, 1.54) is 21.3 Å². The van der Waals surface area contributed by atoms with Crippen molar-refractivity contribution in [1.82, 2.24) is 14.1 Å². The van der Waals surface area contributed by atoms with Crippen molar-refractivity contribution in [2.24, 2.45) is 0 Å². The van der Waals surface area contributed by atoms with Gasteiger partial charge in [0.15, 0.2) is 6.61 Å². The molecule has 2 aliphatic heterocycles. The number of hydrogen-bond acceptors (Lipinski definition) is 7. The zero-order chi connectivity index (χ0) is 22.6. The molecule has 1 aromatic rings. The highest BCUT2D eigenvalue weighted by Gasteiger charge is 2.31. The SMILES string of the molecule is O=C(CCN1C(=O)CCC1=O)OCC(=O)N1CCN(S(=O)(=O)c2ccc(F)cc2)CC1. The first-order valence-corrected chi connectivity index (χ1v) is 11.1. The highest BCUT2D eigenvalue weighted by Crippen LogP contribution is 2.18. The highest BCUT2D eigenvalue weighted by molar-refractivity contribution is 7.89. The minimum Gasteiger partial charge on any atom is -0.456 e. The van der Waals surface area contributed by atoms with Crippen LogP contribution in [-0.4, -0.2) is 85.5 Å². The van der Waals surface area contributed by atoms with Gasteiger partial charge >= 0.3 is 5.97 Å². The van der Waals surface area contributed by atoms with Crippen molar-refractivity contribution in [1.29, 1.82) is 0 Å². The molecule has 1 aromatic carbocycles. The number of nitrogens with zero attached hydrogens (tertiary/aromatic N) is 3. The first kappa shape index (κ1) is 22.8. The van der Waals surface area contributed by atoms with Crippen molar-refractivity contribution in [2.75, 3.05) is 39.3 Å². The molecule has 0 N–H and O–H groups in total. The number of ether oxygens (including phenoxy) is 1. The molecule has 12 heteroatoms.